The predicted octanol–water partition coefficient (Wildman–Crippen LogP) is -4.68. The third-order valence-corrected chi connectivity index (χ3v) is 12.8. The van der Waals surface area contributed by atoms with E-state index in [1.165, 1.54) is 6.92 Å². The number of benzene rings is 2. The van der Waals surface area contributed by atoms with Crippen LogP contribution in [0.4, 0.5) is 0 Å². The quantitative estimate of drug-likeness (QED) is 0.0129. The van der Waals surface area contributed by atoms with Gasteiger partial charge in [0.25, 0.3) is 0 Å². The van der Waals surface area contributed by atoms with Crippen molar-refractivity contribution in [2.45, 2.75) is 158 Å². The average Bonchev–Trinajstić information content (AvgIpc) is 3.65. The molecule has 0 aliphatic heterocycles. The van der Waals surface area contributed by atoms with Crippen molar-refractivity contribution < 1.29 is 78.0 Å². The number of aliphatic carboxylic acids is 2. The number of rotatable bonds is 41. The molecule has 0 saturated heterocycles. The molecular weight excluding hydrogens is 1110 g/mol. The number of carboxylic acids is 2. The number of aliphatic hydroxyl groups excluding tert-OH is 2. The number of unbranched alkanes of at least 4 members (excludes halogenated alkanes) is 1. The number of hydrogen-bond acceptors (Lipinski definition) is 17. The zero-order chi connectivity index (χ0) is 63.6. The molecule has 85 heavy (non-hydrogen) atoms. The van der Waals surface area contributed by atoms with Gasteiger partial charge in [0.2, 0.25) is 53.2 Å². The second-order valence-corrected chi connectivity index (χ2v) is 20.5. The summed E-state index contributed by atoms with van der Waals surface area (Å²) in [6, 6.07) is 4.15. The summed E-state index contributed by atoms with van der Waals surface area (Å²) in [5, 5.41) is 61.2. The molecule has 0 spiro atoms. The molecule has 2 aromatic rings. The molecule has 30 heteroatoms. The van der Waals surface area contributed by atoms with Gasteiger partial charge in [-0.05, 0) is 88.3 Å². The monoisotopic (exact) mass is 1200 g/mol. The Labute approximate surface area is 491 Å². The lowest BCUT2D eigenvalue weighted by molar-refractivity contribution is -0.140. The lowest BCUT2D eigenvalue weighted by Crippen LogP contribution is -2.60. The molecule has 2 aromatic carbocycles. The summed E-state index contributed by atoms with van der Waals surface area (Å²) in [7, 11) is 0. The van der Waals surface area contributed by atoms with E-state index in [9.17, 15) is 78.0 Å². The number of guanidine groups is 1. The number of amides is 9. The highest BCUT2D eigenvalue weighted by Gasteiger charge is 2.35. The molecule has 30 nitrogen and oxygen atoms in total. The van der Waals surface area contributed by atoms with Crippen LogP contribution in [0.3, 0.4) is 0 Å². The van der Waals surface area contributed by atoms with Gasteiger partial charge in [0.15, 0.2) is 5.96 Å². The molecule has 9 amide bonds. The summed E-state index contributed by atoms with van der Waals surface area (Å²) in [5.41, 5.74) is 24.0. The Hall–Kier alpha value is -8.61. The lowest BCUT2D eigenvalue weighted by atomic mass is 10.00. The van der Waals surface area contributed by atoms with Crippen molar-refractivity contribution in [3.8, 4) is 0 Å². The first kappa shape index (κ1) is 72.5. The van der Waals surface area contributed by atoms with Gasteiger partial charge in [-0.2, -0.15) is 0 Å². The van der Waals surface area contributed by atoms with Gasteiger partial charge in [0, 0.05) is 25.8 Å². The van der Waals surface area contributed by atoms with Crippen LogP contribution >= 0.6 is 0 Å². The normalized spacial score (nSPS) is 14.5. The topological polar surface area (TPSA) is 510 Å². The number of carboxylic acid groups (broad SMARTS) is 2. The van der Waals surface area contributed by atoms with E-state index in [1.54, 1.807) is 74.5 Å². The second-order valence-electron chi connectivity index (χ2n) is 20.5. The van der Waals surface area contributed by atoms with E-state index in [4.69, 9.17) is 22.9 Å². The van der Waals surface area contributed by atoms with E-state index in [2.05, 4.69) is 52.8 Å². The van der Waals surface area contributed by atoms with E-state index in [-0.39, 0.29) is 69.9 Å². The molecule has 0 bridgehead atoms. The summed E-state index contributed by atoms with van der Waals surface area (Å²) in [5.74, 6) is -12.0. The van der Waals surface area contributed by atoms with E-state index >= 15 is 0 Å². The van der Waals surface area contributed by atoms with E-state index in [0.717, 1.165) is 5.56 Å². The molecule has 0 fully saturated rings. The first-order valence-electron chi connectivity index (χ1n) is 27.7. The van der Waals surface area contributed by atoms with Crippen molar-refractivity contribution >= 4 is 77.3 Å². The van der Waals surface area contributed by atoms with Crippen LogP contribution < -0.4 is 70.8 Å². The summed E-state index contributed by atoms with van der Waals surface area (Å²) in [6.07, 6.45) is -2.95. The number of aliphatic imine (C=N–C) groups is 1. The number of nitrogens with one attached hydrogen (secondary N) is 9. The van der Waals surface area contributed by atoms with Crippen LogP contribution in [-0.4, -0.2) is 184 Å². The van der Waals surface area contributed by atoms with E-state index < -0.39 is 164 Å². The summed E-state index contributed by atoms with van der Waals surface area (Å²) in [6.45, 7) is 3.06. The maximum Gasteiger partial charge on any atom is 0.303 e. The van der Waals surface area contributed by atoms with Crippen LogP contribution in [0.5, 0.6) is 0 Å². The van der Waals surface area contributed by atoms with Crippen molar-refractivity contribution in [1.29, 1.82) is 0 Å². The Morgan fingerprint density at radius 2 is 0.976 bits per heavy atom. The van der Waals surface area contributed by atoms with Crippen molar-refractivity contribution in [1.82, 2.24) is 47.9 Å². The molecular formula is C55H84N14O16. The zero-order valence-electron chi connectivity index (χ0n) is 48.0. The highest BCUT2D eigenvalue weighted by atomic mass is 16.4. The van der Waals surface area contributed by atoms with Gasteiger partial charge in [-0.3, -0.25) is 57.7 Å². The third kappa shape index (κ3) is 29.0. The minimum Gasteiger partial charge on any atom is -0.481 e. The fraction of sp³-hybridized carbons (Fsp3) is 0.545. The van der Waals surface area contributed by atoms with E-state index in [1.807, 2.05) is 0 Å². The van der Waals surface area contributed by atoms with Crippen LogP contribution in [0.25, 0.3) is 0 Å². The maximum atomic E-state index is 14.0. The van der Waals surface area contributed by atoms with Gasteiger partial charge < -0.3 is 96.0 Å². The number of aliphatic hydroxyl groups is 2. The number of carbonyl (C=O) groups is 12. The Morgan fingerprint density at radius 1 is 0.541 bits per heavy atom. The van der Waals surface area contributed by atoms with Gasteiger partial charge in [0.1, 0.15) is 54.6 Å². The van der Waals surface area contributed by atoms with Crippen LogP contribution in [0.15, 0.2) is 65.7 Å². The minimum absolute atomic E-state index is 0.0448. The Bertz CT molecular complexity index is 2560. The lowest BCUT2D eigenvalue weighted by Gasteiger charge is -2.28. The van der Waals surface area contributed by atoms with Gasteiger partial charge in [-0.15, -0.1) is 0 Å². The highest BCUT2D eigenvalue weighted by Crippen LogP contribution is 2.12. The first-order chi connectivity index (χ1) is 40.3. The SMILES string of the molecule is CC(C)C[C@H](NC(=O)[C@H](CCC(=O)O)NC(=O)[C@H](CCC(=O)O)NC(=O)CNC(=O)[C@H](CCCCN)NC(=O)[C@H](CO)NC(=O)[C@H](CCCN=C(N)N)NC(=O)[C@@H](N)Cc1ccccc1)C(=O)N[C@@H](Cc1ccccc1)C(=O)N[C@H](C=O)[C@@H](C)O. The van der Waals surface area contributed by atoms with Gasteiger partial charge in [-0.25, -0.2) is 0 Å². The largest absolute Gasteiger partial charge is 0.481 e. The van der Waals surface area contributed by atoms with Crippen LogP contribution in [0.1, 0.15) is 96.1 Å². The standard InChI is InChI=1S/C55H84N14O16/c1-31(2)25-40(52(83)67-41(27-34-15-8-5-9-16-34)53(84)68-42(29-70)32(3)72)66-51(82)39(20-22-46(76)77)65-50(81)38(19-21-45(74)75)62-44(73)28-61-48(79)36(17-10-11-23-56)64-54(85)43(30-71)69-49(80)37(18-12-24-60-55(58)59)63-47(78)35(57)26-33-13-6-4-7-14-33/h4-9,13-16,29,31-32,35-43,71-72H,10-12,17-28,30,56-57H2,1-3H3,(H,61,79)(H,62,73)(H,63,78)(H,64,85)(H,65,81)(H,66,82)(H,67,83)(H,68,84)(H,69,80)(H,74,75)(H,76,77)(H4,58,59,60)/t32-,35+,36+,37+,38+,39+,40+,41+,42-,43+/m1/s1. The average molecular weight is 1200 g/mol. The van der Waals surface area contributed by atoms with E-state index in [0.29, 0.717) is 18.3 Å². The molecule has 10 atom stereocenters. The summed E-state index contributed by atoms with van der Waals surface area (Å²) < 4.78 is 0. The van der Waals surface area contributed by atoms with Crippen molar-refractivity contribution in [2.75, 3.05) is 26.2 Å². The van der Waals surface area contributed by atoms with Crippen LogP contribution in [-0.2, 0) is 70.4 Å². The molecule has 0 unspecified atom stereocenters. The molecule has 0 saturated carbocycles. The van der Waals surface area contributed by atoms with Gasteiger partial charge in [0.05, 0.1) is 25.3 Å². The zero-order valence-corrected chi connectivity index (χ0v) is 48.0. The summed E-state index contributed by atoms with van der Waals surface area (Å²) in [4.78, 5) is 162. The summed E-state index contributed by atoms with van der Waals surface area (Å²) >= 11 is 0. The number of nitrogens with zero attached hydrogens (tertiary/aromatic N) is 1. The fourth-order valence-electron chi connectivity index (χ4n) is 8.23. The highest BCUT2D eigenvalue weighted by molar-refractivity contribution is 5.98. The molecule has 0 aromatic heterocycles. The molecule has 0 aliphatic carbocycles. The third-order valence-electron chi connectivity index (χ3n) is 12.8. The molecule has 0 aliphatic rings. The first-order valence-corrected chi connectivity index (χ1v) is 27.7. The van der Waals surface area contributed by atoms with Gasteiger partial charge in [-0.1, -0.05) is 74.5 Å². The Morgan fingerprint density at radius 3 is 1.47 bits per heavy atom. The maximum absolute atomic E-state index is 14.0. The molecule has 2 rings (SSSR count). The van der Waals surface area contributed by atoms with Gasteiger partial charge >= 0.3 is 11.9 Å². The number of hydrogen-bond donors (Lipinski definition) is 17. The second kappa shape index (κ2) is 39.0. The Balaban J connectivity index is 2.31. The van der Waals surface area contributed by atoms with Crippen molar-refractivity contribution in [3.63, 3.8) is 0 Å². The van der Waals surface area contributed by atoms with Crippen molar-refractivity contribution in [2.24, 2.45) is 33.8 Å². The van der Waals surface area contributed by atoms with Crippen LogP contribution in [0, 0.1) is 5.92 Å². The molecule has 470 valence electrons. The number of carbonyl (C=O) groups excluding carboxylic acids is 10. The van der Waals surface area contributed by atoms with Crippen molar-refractivity contribution in [3.05, 3.63) is 71.8 Å². The van der Waals surface area contributed by atoms with Crippen LogP contribution in [0.2, 0.25) is 0 Å². The fourth-order valence-corrected chi connectivity index (χ4v) is 8.23. The Kier molecular flexibility index (Phi) is 33.3. The number of aldehydes is 1. The minimum atomic E-state index is -1.74. The predicted molar refractivity (Wildman–Crippen MR) is 308 cm³/mol. The molecule has 21 N–H and O–H groups in total. The molecule has 0 heterocycles. The number of nitrogens with two attached hydrogens (primary N) is 4. The molecule has 0 radical (unpaired) electrons. The smallest absolute Gasteiger partial charge is 0.303 e.